The van der Waals surface area contributed by atoms with Gasteiger partial charge in [0.2, 0.25) is 0 Å². The van der Waals surface area contributed by atoms with E-state index in [-0.39, 0.29) is 0 Å². The van der Waals surface area contributed by atoms with E-state index in [1.807, 2.05) is 10.9 Å². The first-order chi connectivity index (χ1) is 7.88. The molecule has 4 heteroatoms. The highest BCUT2D eigenvalue weighted by atomic mass is 32.1. The molecular weight excluding hydrogens is 218 g/mol. The third kappa shape index (κ3) is 5.01. The minimum Gasteiger partial charge on any atom is -0.249 e. The van der Waals surface area contributed by atoms with Gasteiger partial charge in [-0.2, -0.15) is 12.6 Å². The largest absolute Gasteiger partial charge is 0.249 e. The Hall–Kier alpha value is -0.510. The highest BCUT2D eigenvalue weighted by Crippen LogP contribution is 2.07. The normalized spacial score (nSPS) is 10.9. The Kier molecular flexibility index (Phi) is 7.30. The molecule has 0 amide bonds. The van der Waals surface area contributed by atoms with Crippen LogP contribution in [0.15, 0.2) is 6.20 Å². The van der Waals surface area contributed by atoms with Crippen LogP contribution in [0.4, 0.5) is 0 Å². The molecule has 0 unspecified atom stereocenters. The number of aryl methyl sites for hydroxylation is 2. The molecule has 3 nitrogen and oxygen atoms in total. The fourth-order valence-electron chi connectivity index (χ4n) is 1.82. The van der Waals surface area contributed by atoms with Gasteiger partial charge in [0.25, 0.3) is 0 Å². The molecule has 0 saturated carbocycles. The van der Waals surface area contributed by atoms with Gasteiger partial charge in [-0.05, 0) is 18.6 Å². The topological polar surface area (TPSA) is 30.7 Å². The van der Waals surface area contributed by atoms with E-state index in [0.29, 0.717) is 0 Å². The number of hydrogen-bond donors (Lipinski definition) is 1. The van der Waals surface area contributed by atoms with Crippen molar-refractivity contribution >= 4 is 12.6 Å². The summed E-state index contributed by atoms with van der Waals surface area (Å²) in [6, 6.07) is 0. The molecule has 0 aliphatic carbocycles. The van der Waals surface area contributed by atoms with Crippen LogP contribution in [-0.2, 0) is 13.0 Å². The number of nitrogens with zero attached hydrogens (tertiary/aromatic N) is 3. The SMILES string of the molecule is CCCCCCCCn1nncc1CCS. The van der Waals surface area contributed by atoms with E-state index in [1.54, 1.807) is 0 Å². The van der Waals surface area contributed by atoms with Gasteiger partial charge in [-0.15, -0.1) is 5.10 Å². The quantitative estimate of drug-likeness (QED) is 0.532. The number of aromatic nitrogens is 3. The maximum absolute atomic E-state index is 4.23. The molecule has 0 fully saturated rings. The molecule has 0 aromatic carbocycles. The van der Waals surface area contributed by atoms with E-state index in [1.165, 1.54) is 44.2 Å². The molecule has 1 aromatic rings. The summed E-state index contributed by atoms with van der Waals surface area (Å²) in [5, 5.41) is 8.05. The average Bonchev–Trinajstić information content (AvgIpc) is 2.72. The van der Waals surface area contributed by atoms with Gasteiger partial charge in [-0.25, -0.2) is 4.68 Å². The van der Waals surface area contributed by atoms with Gasteiger partial charge in [-0.1, -0.05) is 44.2 Å². The molecule has 0 atom stereocenters. The van der Waals surface area contributed by atoms with Crippen molar-refractivity contribution in [1.82, 2.24) is 15.0 Å². The van der Waals surface area contributed by atoms with Crippen LogP contribution in [0.2, 0.25) is 0 Å². The van der Waals surface area contributed by atoms with Crippen LogP contribution in [0.5, 0.6) is 0 Å². The molecule has 16 heavy (non-hydrogen) atoms. The molecule has 1 rings (SSSR count). The van der Waals surface area contributed by atoms with Gasteiger partial charge in [0.15, 0.2) is 0 Å². The van der Waals surface area contributed by atoms with E-state index in [9.17, 15) is 0 Å². The van der Waals surface area contributed by atoms with Gasteiger partial charge < -0.3 is 0 Å². The van der Waals surface area contributed by atoms with Crippen molar-refractivity contribution in [1.29, 1.82) is 0 Å². The van der Waals surface area contributed by atoms with E-state index in [2.05, 4.69) is 29.9 Å². The van der Waals surface area contributed by atoms with Crippen molar-refractivity contribution < 1.29 is 0 Å². The van der Waals surface area contributed by atoms with Crippen LogP contribution in [-0.4, -0.2) is 20.7 Å². The van der Waals surface area contributed by atoms with Gasteiger partial charge in [0.1, 0.15) is 0 Å². The van der Waals surface area contributed by atoms with Crippen molar-refractivity contribution in [2.24, 2.45) is 0 Å². The lowest BCUT2D eigenvalue weighted by Gasteiger charge is -2.04. The van der Waals surface area contributed by atoms with Gasteiger partial charge >= 0.3 is 0 Å². The second-order valence-corrected chi connectivity index (χ2v) is 4.64. The van der Waals surface area contributed by atoms with Crippen LogP contribution in [0, 0.1) is 0 Å². The van der Waals surface area contributed by atoms with Crippen LogP contribution < -0.4 is 0 Å². The molecule has 1 aromatic heterocycles. The van der Waals surface area contributed by atoms with E-state index >= 15 is 0 Å². The molecule has 0 spiro atoms. The van der Waals surface area contributed by atoms with Crippen molar-refractivity contribution in [3.63, 3.8) is 0 Å². The summed E-state index contributed by atoms with van der Waals surface area (Å²) in [7, 11) is 0. The standard InChI is InChI=1S/C12H23N3S/c1-2-3-4-5-6-7-9-15-12(8-10-16)11-13-14-15/h11,16H,2-10H2,1H3. The van der Waals surface area contributed by atoms with E-state index in [4.69, 9.17) is 0 Å². The smallest absolute Gasteiger partial charge is 0.0725 e. The number of thiol groups is 1. The van der Waals surface area contributed by atoms with Crippen LogP contribution >= 0.6 is 12.6 Å². The predicted octanol–water partition coefficient (Wildman–Crippen LogP) is 3.11. The molecule has 0 aliphatic heterocycles. The van der Waals surface area contributed by atoms with Gasteiger partial charge in [-0.3, -0.25) is 0 Å². The maximum atomic E-state index is 4.23. The molecule has 0 bridgehead atoms. The number of hydrogen-bond acceptors (Lipinski definition) is 3. The summed E-state index contributed by atoms with van der Waals surface area (Å²) in [4.78, 5) is 0. The summed E-state index contributed by atoms with van der Waals surface area (Å²) >= 11 is 4.23. The fraction of sp³-hybridized carbons (Fsp3) is 0.833. The van der Waals surface area contributed by atoms with Crippen molar-refractivity contribution in [3.05, 3.63) is 11.9 Å². The van der Waals surface area contributed by atoms with Crippen LogP contribution in [0.1, 0.15) is 51.1 Å². The molecule has 1 heterocycles. The Balaban J connectivity index is 2.13. The summed E-state index contributed by atoms with van der Waals surface area (Å²) in [6.07, 6.45) is 10.7. The summed E-state index contributed by atoms with van der Waals surface area (Å²) in [5.41, 5.74) is 1.21. The highest BCUT2D eigenvalue weighted by molar-refractivity contribution is 7.80. The number of unbranched alkanes of at least 4 members (excludes halogenated alkanes) is 5. The Morgan fingerprint density at radius 1 is 1.19 bits per heavy atom. The fourth-order valence-corrected chi connectivity index (χ4v) is 2.05. The van der Waals surface area contributed by atoms with Crippen molar-refractivity contribution in [2.75, 3.05) is 5.75 Å². The zero-order valence-electron chi connectivity index (χ0n) is 10.2. The van der Waals surface area contributed by atoms with Crippen molar-refractivity contribution in [3.8, 4) is 0 Å². The molecule has 0 N–H and O–H groups in total. The lowest BCUT2D eigenvalue weighted by molar-refractivity contribution is 0.505. The zero-order chi connectivity index (χ0) is 11.6. The molecule has 0 aliphatic rings. The minimum absolute atomic E-state index is 0.865. The Bertz CT molecular complexity index is 273. The second-order valence-electron chi connectivity index (χ2n) is 4.19. The zero-order valence-corrected chi connectivity index (χ0v) is 11.1. The second kappa shape index (κ2) is 8.62. The Morgan fingerprint density at radius 2 is 1.94 bits per heavy atom. The Morgan fingerprint density at radius 3 is 2.69 bits per heavy atom. The monoisotopic (exact) mass is 241 g/mol. The highest BCUT2D eigenvalue weighted by Gasteiger charge is 2.01. The van der Waals surface area contributed by atoms with Gasteiger partial charge in [0.05, 0.1) is 11.9 Å². The summed E-state index contributed by atoms with van der Waals surface area (Å²) in [6.45, 7) is 3.26. The average molecular weight is 241 g/mol. The lowest BCUT2D eigenvalue weighted by Crippen LogP contribution is -2.06. The lowest BCUT2D eigenvalue weighted by atomic mass is 10.1. The molecule has 0 radical (unpaired) electrons. The first-order valence-corrected chi connectivity index (χ1v) is 7.00. The minimum atomic E-state index is 0.865. The first-order valence-electron chi connectivity index (χ1n) is 6.36. The number of rotatable bonds is 9. The van der Waals surface area contributed by atoms with E-state index < -0.39 is 0 Å². The predicted molar refractivity (Wildman–Crippen MR) is 71.0 cm³/mol. The summed E-state index contributed by atoms with van der Waals surface area (Å²) in [5.74, 6) is 0.865. The van der Waals surface area contributed by atoms with E-state index in [0.717, 1.165) is 18.7 Å². The molecule has 0 saturated heterocycles. The first kappa shape index (κ1) is 13.6. The maximum Gasteiger partial charge on any atom is 0.0725 e. The summed E-state index contributed by atoms with van der Waals surface area (Å²) < 4.78 is 2.02. The molecular formula is C12H23N3S. The van der Waals surface area contributed by atoms with Crippen LogP contribution in [0.25, 0.3) is 0 Å². The van der Waals surface area contributed by atoms with Gasteiger partial charge in [0, 0.05) is 6.54 Å². The molecule has 92 valence electrons. The van der Waals surface area contributed by atoms with Crippen LogP contribution in [0.3, 0.4) is 0 Å². The Labute approximate surface area is 104 Å². The third-order valence-electron chi connectivity index (χ3n) is 2.79. The third-order valence-corrected chi connectivity index (χ3v) is 3.01. The van der Waals surface area contributed by atoms with Crippen molar-refractivity contribution in [2.45, 2.75) is 58.4 Å².